The summed E-state index contributed by atoms with van der Waals surface area (Å²) in [5.74, 6) is 0.00267. The predicted octanol–water partition coefficient (Wildman–Crippen LogP) is 3.44. The SMILES string of the molecule is C[C@H](Sc1nn(-c2ccccc2)c(=S)s1)C(=O)NC[C@H]1CCCO1. The van der Waals surface area contributed by atoms with Crippen molar-refractivity contribution in [2.75, 3.05) is 13.2 Å². The Hall–Kier alpha value is -1.22. The molecule has 5 nitrogen and oxygen atoms in total. The minimum absolute atomic E-state index is 0.00267. The second-order valence-electron chi connectivity index (χ2n) is 5.52. The lowest BCUT2D eigenvalue weighted by Gasteiger charge is -2.13. The molecule has 0 saturated carbocycles. The number of hydrogen-bond acceptors (Lipinski definition) is 6. The Balaban J connectivity index is 1.59. The first kappa shape index (κ1) is 17.6. The molecule has 0 aliphatic carbocycles. The molecule has 1 aliphatic heterocycles. The third-order valence-corrected chi connectivity index (χ3v) is 6.12. The van der Waals surface area contributed by atoms with Crippen LogP contribution in [0.3, 0.4) is 0 Å². The fourth-order valence-electron chi connectivity index (χ4n) is 2.41. The van der Waals surface area contributed by atoms with E-state index >= 15 is 0 Å². The quantitative estimate of drug-likeness (QED) is 0.614. The van der Waals surface area contributed by atoms with Crippen molar-refractivity contribution < 1.29 is 9.53 Å². The minimum Gasteiger partial charge on any atom is -0.376 e. The predicted molar refractivity (Wildman–Crippen MR) is 99.6 cm³/mol. The third kappa shape index (κ3) is 4.44. The van der Waals surface area contributed by atoms with E-state index in [1.54, 1.807) is 4.68 Å². The van der Waals surface area contributed by atoms with Crippen molar-refractivity contribution in [1.82, 2.24) is 15.1 Å². The molecule has 1 aromatic heterocycles. The van der Waals surface area contributed by atoms with Crippen LogP contribution in [0.15, 0.2) is 34.7 Å². The van der Waals surface area contributed by atoms with E-state index in [1.165, 1.54) is 23.1 Å². The Morgan fingerprint density at radius 2 is 2.33 bits per heavy atom. The normalized spacial score (nSPS) is 18.5. The molecule has 0 unspecified atom stereocenters. The molecule has 2 atom stereocenters. The standard InChI is InChI=1S/C16H19N3O2S3/c1-11(14(20)17-10-13-8-5-9-21-13)23-15-18-19(16(22)24-15)12-6-3-2-4-7-12/h2-4,6-7,11,13H,5,8-10H2,1H3,(H,17,20)/t11-,13+/m0/s1. The number of carbonyl (C=O) groups is 1. The van der Waals surface area contributed by atoms with Crippen molar-refractivity contribution in [3.63, 3.8) is 0 Å². The molecule has 1 amide bonds. The Bertz CT molecular complexity index is 739. The van der Waals surface area contributed by atoms with Crippen LogP contribution in [0.25, 0.3) is 5.69 Å². The number of nitrogens with one attached hydrogen (secondary N) is 1. The summed E-state index contributed by atoms with van der Waals surface area (Å²) in [5.41, 5.74) is 0.932. The highest BCUT2D eigenvalue weighted by atomic mass is 32.2. The average Bonchev–Trinajstić information content (AvgIpc) is 3.23. The molecule has 1 N–H and O–H groups in total. The van der Waals surface area contributed by atoms with Gasteiger partial charge in [0.2, 0.25) is 5.91 Å². The molecule has 0 radical (unpaired) electrons. The number of nitrogens with zero attached hydrogens (tertiary/aromatic N) is 2. The number of amides is 1. The molecule has 24 heavy (non-hydrogen) atoms. The highest BCUT2D eigenvalue weighted by molar-refractivity contribution is 8.02. The van der Waals surface area contributed by atoms with Crippen molar-refractivity contribution in [3.8, 4) is 5.69 Å². The number of ether oxygens (including phenoxy) is 1. The van der Waals surface area contributed by atoms with Gasteiger partial charge in [-0.2, -0.15) is 0 Å². The van der Waals surface area contributed by atoms with E-state index in [1.807, 2.05) is 37.3 Å². The summed E-state index contributed by atoms with van der Waals surface area (Å²) in [6.07, 6.45) is 2.25. The van der Waals surface area contributed by atoms with Gasteiger partial charge >= 0.3 is 0 Å². The van der Waals surface area contributed by atoms with Crippen LogP contribution in [-0.2, 0) is 9.53 Å². The summed E-state index contributed by atoms with van der Waals surface area (Å²) in [4.78, 5) is 12.2. The van der Waals surface area contributed by atoms with Crippen LogP contribution in [0.1, 0.15) is 19.8 Å². The van der Waals surface area contributed by atoms with Gasteiger partial charge in [0.25, 0.3) is 0 Å². The van der Waals surface area contributed by atoms with Crippen molar-refractivity contribution in [1.29, 1.82) is 0 Å². The van der Waals surface area contributed by atoms with Crippen LogP contribution in [0.4, 0.5) is 0 Å². The summed E-state index contributed by atoms with van der Waals surface area (Å²) >= 11 is 8.24. The number of aromatic nitrogens is 2. The van der Waals surface area contributed by atoms with E-state index in [9.17, 15) is 4.79 Å². The Morgan fingerprint density at radius 3 is 3.04 bits per heavy atom. The summed E-state index contributed by atoms with van der Waals surface area (Å²) < 4.78 is 8.73. The monoisotopic (exact) mass is 381 g/mol. The van der Waals surface area contributed by atoms with Crippen LogP contribution < -0.4 is 5.32 Å². The van der Waals surface area contributed by atoms with Crippen LogP contribution in [-0.4, -0.2) is 40.2 Å². The topological polar surface area (TPSA) is 56.2 Å². The summed E-state index contributed by atoms with van der Waals surface area (Å²) in [7, 11) is 0. The summed E-state index contributed by atoms with van der Waals surface area (Å²) in [6.45, 7) is 3.26. The molecule has 1 fully saturated rings. The second kappa shape index (κ2) is 8.24. The number of para-hydroxylation sites is 1. The van der Waals surface area contributed by atoms with E-state index in [2.05, 4.69) is 10.4 Å². The van der Waals surface area contributed by atoms with Gasteiger partial charge in [0.1, 0.15) is 0 Å². The zero-order valence-corrected chi connectivity index (χ0v) is 15.8. The Labute approximate surface area is 154 Å². The molecule has 0 spiro atoms. The molecule has 1 aliphatic rings. The molecule has 2 heterocycles. The fraction of sp³-hybridized carbons (Fsp3) is 0.438. The zero-order chi connectivity index (χ0) is 16.9. The molecule has 8 heteroatoms. The molecule has 3 rings (SSSR count). The van der Waals surface area contributed by atoms with Crippen LogP contribution in [0.2, 0.25) is 0 Å². The van der Waals surface area contributed by atoms with Crippen molar-refractivity contribution >= 4 is 41.2 Å². The first-order chi connectivity index (χ1) is 11.6. The molecule has 1 aromatic carbocycles. The van der Waals surface area contributed by atoms with Crippen molar-refractivity contribution in [2.45, 2.75) is 35.5 Å². The van der Waals surface area contributed by atoms with Gasteiger partial charge in [-0.3, -0.25) is 4.79 Å². The number of rotatable bonds is 6. The van der Waals surface area contributed by atoms with E-state index in [-0.39, 0.29) is 17.3 Å². The second-order valence-corrected chi connectivity index (χ2v) is 8.73. The molecular formula is C16H19N3O2S3. The molecule has 128 valence electrons. The number of thioether (sulfide) groups is 1. The average molecular weight is 382 g/mol. The summed E-state index contributed by atoms with van der Waals surface area (Å²) in [6, 6.07) is 9.77. The van der Waals surface area contributed by atoms with E-state index in [0.29, 0.717) is 10.5 Å². The van der Waals surface area contributed by atoms with E-state index in [0.717, 1.165) is 29.5 Å². The minimum atomic E-state index is -0.226. The third-order valence-electron chi connectivity index (χ3n) is 3.70. The first-order valence-corrected chi connectivity index (χ1v) is 9.95. The molecule has 1 saturated heterocycles. The van der Waals surface area contributed by atoms with E-state index < -0.39 is 0 Å². The number of hydrogen-bond donors (Lipinski definition) is 1. The van der Waals surface area contributed by atoms with Crippen LogP contribution in [0, 0.1) is 3.95 Å². The molecular weight excluding hydrogens is 362 g/mol. The number of benzene rings is 1. The molecule has 0 bridgehead atoms. The maximum atomic E-state index is 12.2. The van der Waals surface area contributed by atoms with Crippen molar-refractivity contribution in [3.05, 3.63) is 34.3 Å². The van der Waals surface area contributed by atoms with Crippen LogP contribution >= 0.6 is 35.3 Å². The number of carbonyl (C=O) groups excluding carboxylic acids is 1. The fourth-order valence-corrected chi connectivity index (χ4v) is 4.94. The van der Waals surface area contributed by atoms with Gasteiger partial charge < -0.3 is 10.1 Å². The van der Waals surface area contributed by atoms with E-state index in [4.69, 9.17) is 17.0 Å². The van der Waals surface area contributed by atoms with Gasteiger partial charge in [0, 0.05) is 13.2 Å². The first-order valence-electron chi connectivity index (χ1n) is 7.85. The molecule has 2 aromatic rings. The van der Waals surface area contributed by atoms with Gasteiger partial charge in [-0.05, 0) is 44.1 Å². The lowest BCUT2D eigenvalue weighted by atomic mass is 10.2. The van der Waals surface area contributed by atoms with Crippen molar-refractivity contribution in [2.24, 2.45) is 0 Å². The van der Waals surface area contributed by atoms with Gasteiger partial charge in [-0.1, -0.05) is 41.3 Å². The highest BCUT2D eigenvalue weighted by Crippen LogP contribution is 2.27. The lowest BCUT2D eigenvalue weighted by Crippen LogP contribution is -2.36. The maximum absolute atomic E-state index is 12.2. The van der Waals surface area contributed by atoms with Gasteiger partial charge in [0.15, 0.2) is 8.29 Å². The van der Waals surface area contributed by atoms with Crippen LogP contribution in [0.5, 0.6) is 0 Å². The van der Waals surface area contributed by atoms with Gasteiger partial charge in [-0.15, -0.1) is 5.10 Å². The largest absolute Gasteiger partial charge is 0.376 e. The Morgan fingerprint density at radius 1 is 1.54 bits per heavy atom. The van der Waals surface area contributed by atoms with Gasteiger partial charge in [-0.25, -0.2) is 4.68 Å². The Kier molecular flexibility index (Phi) is 6.04. The lowest BCUT2D eigenvalue weighted by molar-refractivity contribution is -0.120. The zero-order valence-electron chi connectivity index (χ0n) is 13.3. The summed E-state index contributed by atoms with van der Waals surface area (Å²) in [5, 5.41) is 7.26. The van der Waals surface area contributed by atoms with Gasteiger partial charge in [0.05, 0.1) is 17.0 Å². The maximum Gasteiger partial charge on any atom is 0.233 e. The highest BCUT2D eigenvalue weighted by Gasteiger charge is 2.20. The smallest absolute Gasteiger partial charge is 0.233 e.